The second-order valence-electron chi connectivity index (χ2n) is 5.09. The van der Waals surface area contributed by atoms with E-state index in [9.17, 15) is 0 Å². The average Bonchev–Trinajstić information content (AvgIpc) is 3.06. The van der Waals surface area contributed by atoms with Crippen LogP contribution in [0.2, 0.25) is 0 Å². The zero-order valence-electron chi connectivity index (χ0n) is 11.1. The minimum absolute atomic E-state index is 0.843. The van der Waals surface area contributed by atoms with Gasteiger partial charge in [0, 0.05) is 13.1 Å². The SMILES string of the molecule is CCCCCn1nnc(CNC)c1CC1CC1. The first-order valence-corrected chi connectivity index (χ1v) is 6.91. The third-order valence-electron chi connectivity index (χ3n) is 3.41. The van der Waals surface area contributed by atoms with E-state index in [1.807, 2.05) is 7.05 Å². The number of hydrogen-bond acceptors (Lipinski definition) is 3. The maximum atomic E-state index is 4.32. The molecule has 0 aromatic carbocycles. The van der Waals surface area contributed by atoms with Gasteiger partial charge in [0.25, 0.3) is 0 Å². The first-order chi connectivity index (χ1) is 8.35. The monoisotopic (exact) mass is 236 g/mol. The lowest BCUT2D eigenvalue weighted by Crippen LogP contribution is -2.11. The number of aryl methyl sites for hydroxylation is 1. The Labute approximate surface area is 104 Å². The maximum Gasteiger partial charge on any atom is 0.0996 e. The summed E-state index contributed by atoms with van der Waals surface area (Å²) >= 11 is 0. The zero-order valence-corrected chi connectivity index (χ0v) is 11.1. The van der Waals surface area contributed by atoms with Gasteiger partial charge in [-0.15, -0.1) is 5.10 Å². The van der Waals surface area contributed by atoms with E-state index in [4.69, 9.17) is 0 Å². The van der Waals surface area contributed by atoms with Gasteiger partial charge in [0.2, 0.25) is 0 Å². The van der Waals surface area contributed by atoms with Gasteiger partial charge in [0.15, 0.2) is 0 Å². The fraction of sp³-hybridized carbons (Fsp3) is 0.846. The number of nitrogens with one attached hydrogen (secondary N) is 1. The molecule has 1 aromatic rings. The van der Waals surface area contributed by atoms with Crippen LogP contribution in [0.1, 0.15) is 50.4 Å². The number of unbranched alkanes of at least 4 members (excludes halogenated alkanes) is 2. The van der Waals surface area contributed by atoms with E-state index < -0.39 is 0 Å². The molecule has 1 heterocycles. The Morgan fingerprint density at radius 3 is 2.82 bits per heavy atom. The van der Waals surface area contributed by atoms with Gasteiger partial charge in [0.05, 0.1) is 11.4 Å². The molecular formula is C13H24N4. The summed E-state index contributed by atoms with van der Waals surface area (Å²) in [6, 6.07) is 0. The van der Waals surface area contributed by atoms with Crippen LogP contribution in [0.15, 0.2) is 0 Å². The quantitative estimate of drug-likeness (QED) is 0.703. The molecule has 1 saturated carbocycles. The highest BCUT2D eigenvalue weighted by molar-refractivity contribution is 5.12. The van der Waals surface area contributed by atoms with Gasteiger partial charge < -0.3 is 5.32 Å². The molecule has 4 heteroatoms. The van der Waals surface area contributed by atoms with Crippen molar-refractivity contribution in [1.29, 1.82) is 0 Å². The molecule has 0 radical (unpaired) electrons. The number of aromatic nitrogens is 3. The van der Waals surface area contributed by atoms with E-state index in [2.05, 4.69) is 27.2 Å². The third kappa shape index (κ3) is 3.53. The Morgan fingerprint density at radius 2 is 2.18 bits per heavy atom. The summed E-state index contributed by atoms with van der Waals surface area (Å²) in [5, 5.41) is 11.8. The fourth-order valence-electron chi connectivity index (χ4n) is 2.18. The number of hydrogen-bond donors (Lipinski definition) is 1. The third-order valence-corrected chi connectivity index (χ3v) is 3.41. The van der Waals surface area contributed by atoms with Crippen molar-refractivity contribution < 1.29 is 0 Å². The second kappa shape index (κ2) is 6.15. The van der Waals surface area contributed by atoms with Crippen LogP contribution in [0.25, 0.3) is 0 Å². The lowest BCUT2D eigenvalue weighted by molar-refractivity contribution is 0.514. The van der Waals surface area contributed by atoms with Crippen LogP contribution in [0.3, 0.4) is 0 Å². The summed E-state index contributed by atoms with van der Waals surface area (Å²) in [6.07, 6.45) is 7.71. The Hall–Kier alpha value is -0.900. The molecule has 4 nitrogen and oxygen atoms in total. The highest BCUT2D eigenvalue weighted by Crippen LogP contribution is 2.33. The summed E-state index contributed by atoms with van der Waals surface area (Å²) < 4.78 is 2.14. The predicted octanol–water partition coefficient (Wildman–Crippen LogP) is 2.14. The summed E-state index contributed by atoms with van der Waals surface area (Å²) in [5.41, 5.74) is 2.52. The molecule has 2 rings (SSSR count). The second-order valence-corrected chi connectivity index (χ2v) is 5.09. The van der Waals surface area contributed by atoms with E-state index in [1.165, 1.54) is 44.2 Å². The van der Waals surface area contributed by atoms with Crippen LogP contribution in [0.5, 0.6) is 0 Å². The highest BCUT2D eigenvalue weighted by atomic mass is 15.4. The van der Waals surface area contributed by atoms with Crippen LogP contribution < -0.4 is 5.32 Å². The lowest BCUT2D eigenvalue weighted by Gasteiger charge is -2.07. The molecule has 1 aliphatic rings. The van der Waals surface area contributed by atoms with Gasteiger partial charge >= 0.3 is 0 Å². The van der Waals surface area contributed by atoms with E-state index in [1.54, 1.807) is 0 Å². The van der Waals surface area contributed by atoms with Crippen molar-refractivity contribution in [1.82, 2.24) is 20.3 Å². The molecule has 17 heavy (non-hydrogen) atoms. The summed E-state index contributed by atoms with van der Waals surface area (Å²) in [4.78, 5) is 0. The molecule has 0 spiro atoms. The molecule has 0 atom stereocenters. The molecule has 0 saturated heterocycles. The van der Waals surface area contributed by atoms with Gasteiger partial charge in [-0.1, -0.05) is 25.0 Å². The fourth-order valence-corrected chi connectivity index (χ4v) is 2.18. The molecule has 1 fully saturated rings. The van der Waals surface area contributed by atoms with Crippen LogP contribution in [0, 0.1) is 5.92 Å². The van der Waals surface area contributed by atoms with Crippen LogP contribution >= 0.6 is 0 Å². The van der Waals surface area contributed by atoms with Crippen molar-refractivity contribution in [2.75, 3.05) is 7.05 Å². The molecule has 0 aliphatic heterocycles. The smallest absolute Gasteiger partial charge is 0.0996 e. The Kier molecular flexibility index (Phi) is 4.54. The summed E-state index contributed by atoms with van der Waals surface area (Å²) in [7, 11) is 1.97. The van der Waals surface area contributed by atoms with Crippen molar-refractivity contribution in [3.8, 4) is 0 Å². The minimum atomic E-state index is 0.843. The van der Waals surface area contributed by atoms with E-state index in [-0.39, 0.29) is 0 Å². The van der Waals surface area contributed by atoms with Gasteiger partial charge in [0.1, 0.15) is 0 Å². The summed E-state index contributed by atoms with van der Waals surface area (Å²) in [5.74, 6) is 0.897. The van der Waals surface area contributed by atoms with Crippen LogP contribution in [-0.4, -0.2) is 22.0 Å². The zero-order chi connectivity index (χ0) is 12.1. The van der Waals surface area contributed by atoms with Crippen molar-refractivity contribution in [2.24, 2.45) is 5.92 Å². The standard InChI is InChI=1S/C13H24N4/c1-3-4-5-8-17-13(9-11-6-7-11)12(10-14-2)15-16-17/h11,14H,3-10H2,1-2H3. The molecule has 0 unspecified atom stereocenters. The first kappa shape index (κ1) is 12.6. The number of rotatable bonds is 8. The van der Waals surface area contributed by atoms with E-state index in [0.29, 0.717) is 0 Å². The topological polar surface area (TPSA) is 42.7 Å². The minimum Gasteiger partial charge on any atom is -0.314 e. The normalized spacial score (nSPS) is 15.4. The molecule has 1 aliphatic carbocycles. The molecule has 0 amide bonds. The van der Waals surface area contributed by atoms with E-state index >= 15 is 0 Å². The first-order valence-electron chi connectivity index (χ1n) is 6.91. The van der Waals surface area contributed by atoms with Gasteiger partial charge in [-0.25, -0.2) is 4.68 Å². The van der Waals surface area contributed by atoms with Gasteiger partial charge in [-0.05, 0) is 38.6 Å². The lowest BCUT2D eigenvalue weighted by atomic mass is 10.1. The molecule has 1 N–H and O–H groups in total. The molecule has 0 bridgehead atoms. The van der Waals surface area contributed by atoms with Crippen molar-refractivity contribution >= 4 is 0 Å². The predicted molar refractivity (Wildman–Crippen MR) is 68.7 cm³/mol. The van der Waals surface area contributed by atoms with Crippen LogP contribution in [0.4, 0.5) is 0 Å². The van der Waals surface area contributed by atoms with E-state index in [0.717, 1.165) is 24.7 Å². The largest absolute Gasteiger partial charge is 0.314 e. The Balaban J connectivity index is 2.01. The van der Waals surface area contributed by atoms with Crippen molar-refractivity contribution in [2.45, 2.75) is 58.5 Å². The molecule has 96 valence electrons. The highest BCUT2D eigenvalue weighted by Gasteiger charge is 2.25. The van der Waals surface area contributed by atoms with Crippen molar-refractivity contribution in [3.05, 3.63) is 11.4 Å². The Morgan fingerprint density at radius 1 is 1.35 bits per heavy atom. The van der Waals surface area contributed by atoms with Gasteiger partial charge in [-0.2, -0.15) is 0 Å². The number of nitrogens with zero attached hydrogens (tertiary/aromatic N) is 3. The molecule has 1 aromatic heterocycles. The average molecular weight is 236 g/mol. The maximum absolute atomic E-state index is 4.32. The molecular weight excluding hydrogens is 212 g/mol. The van der Waals surface area contributed by atoms with Gasteiger partial charge in [-0.3, -0.25) is 0 Å². The Bertz CT molecular complexity index is 341. The van der Waals surface area contributed by atoms with Crippen LogP contribution in [-0.2, 0) is 19.5 Å². The van der Waals surface area contributed by atoms with Crippen molar-refractivity contribution in [3.63, 3.8) is 0 Å². The summed E-state index contributed by atoms with van der Waals surface area (Å²) in [6.45, 7) is 4.11.